The molecule has 0 fully saturated rings. The van der Waals surface area contributed by atoms with Crippen LogP contribution in [0.4, 0.5) is 0 Å². The van der Waals surface area contributed by atoms with Crippen LogP contribution in [-0.4, -0.2) is 46.2 Å². The molecule has 0 aliphatic rings. The normalized spacial score (nSPS) is 12.4. The molecule has 1 atom stereocenters. The summed E-state index contributed by atoms with van der Waals surface area (Å²) in [5.41, 5.74) is -1.30. The highest BCUT2D eigenvalue weighted by molar-refractivity contribution is 5.96. The zero-order valence-electron chi connectivity index (χ0n) is 9.69. The summed E-state index contributed by atoms with van der Waals surface area (Å²) in [6.45, 7) is 5.31. The van der Waals surface area contributed by atoms with Gasteiger partial charge in [-0.1, -0.05) is 6.58 Å². The second kappa shape index (κ2) is 6.00. The minimum Gasteiger partial charge on any atom is -0.480 e. The highest BCUT2D eigenvalue weighted by atomic mass is 16.4. The molecule has 0 aliphatic heterocycles. The van der Waals surface area contributed by atoms with E-state index in [1.165, 1.54) is 13.8 Å². The van der Waals surface area contributed by atoms with E-state index in [-0.39, 0.29) is 0 Å². The number of carbonyl (C=O) groups is 3. The Labute approximate surface area is 98.5 Å². The maximum atomic E-state index is 11.7. The number of carboxylic acids is 1. The molecule has 17 heavy (non-hydrogen) atoms. The standard InChI is InChI=1S/C10H16N2O5/c1-4-7(14)12-10(2,3)9(17)11-6(5-13)8(15)16/h4,6,13H,1,5H2,2-3H3,(H,11,17)(H,12,14)(H,15,16). The van der Waals surface area contributed by atoms with Crippen LogP contribution in [0.2, 0.25) is 0 Å². The maximum absolute atomic E-state index is 11.7. The molecule has 7 nitrogen and oxygen atoms in total. The number of carboxylic acid groups (broad SMARTS) is 1. The Morgan fingerprint density at radius 1 is 1.41 bits per heavy atom. The number of amides is 2. The van der Waals surface area contributed by atoms with Crippen LogP contribution < -0.4 is 10.6 Å². The number of rotatable bonds is 6. The lowest BCUT2D eigenvalue weighted by atomic mass is 10.0. The first kappa shape index (κ1) is 15.1. The van der Waals surface area contributed by atoms with Crippen LogP contribution in [0.3, 0.4) is 0 Å². The van der Waals surface area contributed by atoms with Gasteiger partial charge in [0.2, 0.25) is 11.8 Å². The number of aliphatic hydroxyl groups is 1. The van der Waals surface area contributed by atoms with E-state index in [2.05, 4.69) is 17.2 Å². The van der Waals surface area contributed by atoms with E-state index in [4.69, 9.17) is 10.2 Å². The SMILES string of the molecule is C=CC(=O)NC(C)(C)C(=O)NC(CO)C(=O)O. The van der Waals surface area contributed by atoms with E-state index in [0.717, 1.165) is 6.08 Å². The van der Waals surface area contributed by atoms with Gasteiger partial charge in [-0.15, -0.1) is 0 Å². The third-order valence-corrected chi connectivity index (χ3v) is 1.97. The fraction of sp³-hybridized carbons (Fsp3) is 0.500. The topological polar surface area (TPSA) is 116 Å². The predicted octanol–water partition coefficient (Wildman–Crippen LogP) is -1.37. The van der Waals surface area contributed by atoms with Crippen LogP contribution in [0.15, 0.2) is 12.7 Å². The molecule has 96 valence electrons. The largest absolute Gasteiger partial charge is 0.480 e. The summed E-state index contributed by atoms with van der Waals surface area (Å²) in [6.07, 6.45) is 0.996. The summed E-state index contributed by atoms with van der Waals surface area (Å²) < 4.78 is 0. The lowest BCUT2D eigenvalue weighted by Gasteiger charge is -2.26. The molecular weight excluding hydrogens is 228 g/mol. The van der Waals surface area contributed by atoms with Crippen molar-refractivity contribution in [1.82, 2.24) is 10.6 Å². The summed E-state index contributed by atoms with van der Waals surface area (Å²) in [5, 5.41) is 21.8. The van der Waals surface area contributed by atoms with Gasteiger partial charge in [0, 0.05) is 0 Å². The number of nitrogens with one attached hydrogen (secondary N) is 2. The van der Waals surface area contributed by atoms with Crippen LogP contribution in [0.5, 0.6) is 0 Å². The fourth-order valence-corrected chi connectivity index (χ4v) is 0.940. The Kier molecular flexibility index (Phi) is 5.33. The molecule has 0 aromatic rings. The van der Waals surface area contributed by atoms with Gasteiger partial charge < -0.3 is 20.8 Å². The minimum absolute atomic E-state index is 0.555. The summed E-state index contributed by atoms with van der Waals surface area (Å²) >= 11 is 0. The Hall–Kier alpha value is -1.89. The van der Waals surface area contributed by atoms with Crippen molar-refractivity contribution in [3.63, 3.8) is 0 Å². The molecule has 4 N–H and O–H groups in total. The molecule has 0 aromatic heterocycles. The Balaban J connectivity index is 4.62. The van der Waals surface area contributed by atoms with Crippen molar-refractivity contribution >= 4 is 17.8 Å². The molecule has 0 saturated carbocycles. The maximum Gasteiger partial charge on any atom is 0.328 e. The highest BCUT2D eigenvalue weighted by Crippen LogP contribution is 2.03. The number of aliphatic hydroxyl groups excluding tert-OH is 1. The Morgan fingerprint density at radius 3 is 2.29 bits per heavy atom. The molecule has 0 radical (unpaired) electrons. The predicted molar refractivity (Wildman–Crippen MR) is 59.1 cm³/mol. The van der Waals surface area contributed by atoms with Gasteiger partial charge in [0.1, 0.15) is 11.6 Å². The molecule has 0 rings (SSSR count). The van der Waals surface area contributed by atoms with E-state index in [0.29, 0.717) is 0 Å². The molecule has 0 spiro atoms. The first-order chi connectivity index (χ1) is 7.74. The van der Waals surface area contributed by atoms with Crippen molar-refractivity contribution in [3.8, 4) is 0 Å². The quantitative estimate of drug-likeness (QED) is 0.430. The molecule has 0 aliphatic carbocycles. The average Bonchev–Trinajstić information content (AvgIpc) is 2.23. The zero-order chi connectivity index (χ0) is 13.6. The van der Waals surface area contributed by atoms with Gasteiger partial charge in [-0.25, -0.2) is 4.79 Å². The van der Waals surface area contributed by atoms with Crippen molar-refractivity contribution < 1.29 is 24.6 Å². The van der Waals surface area contributed by atoms with Crippen LogP contribution >= 0.6 is 0 Å². The van der Waals surface area contributed by atoms with Crippen LogP contribution in [0.1, 0.15) is 13.8 Å². The number of hydrogen-bond acceptors (Lipinski definition) is 4. The van der Waals surface area contributed by atoms with Gasteiger partial charge >= 0.3 is 5.97 Å². The van der Waals surface area contributed by atoms with Crippen molar-refractivity contribution in [3.05, 3.63) is 12.7 Å². The smallest absolute Gasteiger partial charge is 0.328 e. The van der Waals surface area contributed by atoms with Crippen molar-refractivity contribution in [2.24, 2.45) is 0 Å². The van der Waals surface area contributed by atoms with Gasteiger partial charge in [0.25, 0.3) is 0 Å². The van der Waals surface area contributed by atoms with Gasteiger partial charge in [0.15, 0.2) is 0 Å². The summed E-state index contributed by atoms with van der Waals surface area (Å²) in [7, 11) is 0. The lowest BCUT2D eigenvalue weighted by Crippen LogP contribution is -2.58. The first-order valence-electron chi connectivity index (χ1n) is 4.83. The molecule has 0 aromatic carbocycles. The van der Waals surface area contributed by atoms with Crippen LogP contribution in [-0.2, 0) is 14.4 Å². The average molecular weight is 244 g/mol. The van der Waals surface area contributed by atoms with Gasteiger partial charge in [-0.3, -0.25) is 9.59 Å². The van der Waals surface area contributed by atoms with Gasteiger partial charge in [0.05, 0.1) is 6.61 Å². The highest BCUT2D eigenvalue weighted by Gasteiger charge is 2.31. The number of aliphatic carboxylic acids is 1. The zero-order valence-corrected chi connectivity index (χ0v) is 9.69. The summed E-state index contributed by atoms with van der Waals surface area (Å²) in [4.78, 5) is 33.3. The second-order valence-electron chi connectivity index (χ2n) is 3.87. The van der Waals surface area contributed by atoms with E-state index < -0.39 is 36.0 Å². The molecule has 1 unspecified atom stereocenters. The fourth-order valence-electron chi connectivity index (χ4n) is 0.940. The van der Waals surface area contributed by atoms with E-state index in [1.807, 2.05) is 0 Å². The minimum atomic E-state index is -1.40. The molecule has 7 heteroatoms. The molecule has 0 saturated heterocycles. The lowest BCUT2D eigenvalue weighted by molar-refractivity contribution is -0.144. The second-order valence-corrected chi connectivity index (χ2v) is 3.87. The summed E-state index contributed by atoms with van der Waals surface area (Å²) in [5.74, 6) is -2.62. The van der Waals surface area contributed by atoms with Gasteiger partial charge in [-0.05, 0) is 19.9 Å². The molecule has 0 heterocycles. The monoisotopic (exact) mass is 244 g/mol. The van der Waals surface area contributed by atoms with Crippen molar-refractivity contribution in [2.45, 2.75) is 25.4 Å². The third kappa shape index (κ3) is 4.64. The van der Waals surface area contributed by atoms with Crippen LogP contribution in [0.25, 0.3) is 0 Å². The van der Waals surface area contributed by atoms with Crippen molar-refractivity contribution in [1.29, 1.82) is 0 Å². The molecule has 0 bridgehead atoms. The third-order valence-electron chi connectivity index (χ3n) is 1.97. The van der Waals surface area contributed by atoms with Crippen molar-refractivity contribution in [2.75, 3.05) is 6.61 Å². The Bertz CT molecular complexity index is 338. The first-order valence-corrected chi connectivity index (χ1v) is 4.83. The number of hydrogen-bond donors (Lipinski definition) is 4. The molecular formula is C10H16N2O5. The van der Waals surface area contributed by atoms with E-state index in [9.17, 15) is 14.4 Å². The summed E-state index contributed by atoms with van der Waals surface area (Å²) in [6, 6.07) is -1.40. The molecule has 2 amide bonds. The van der Waals surface area contributed by atoms with Gasteiger partial charge in [-0.2, -0.15) is 0 Å². The van der Waals surface area contributed by atoms with E-state index >= 15 is 0 Å². The Morgan fingerprint density at radius 2 is 1.94 bits per heavy atom. The van der Waals surface area contributed by atoms with Crippen LogP contribution in [0, 0.1) is 0 Å². The van der Waals surface area contributed by atoms with E-state index in [1.54, 1.807) is 0 Å². The number of carbonyl (C=O) groups excluding carboxylic acids is 2.